The number of hydrogen-bond acceptors (Lipinski definition) is 3. The van der Waals surface area contributed by atoms with Gasteiger partial charge >= 0.3 is 0 Å². The Morgan fingerprint density at radius 2 is 2.13 bits per heavy atom. The zero-order chi connectivity index (χ0) is 16.3. The maximum atomic E-state index is 5.43. The number of guanidine groups is 1. The van der Waals surface area contributed by atoms with Crippen LogP contribution in [-0.2, 0) is 6.42 Å². The Labute approximate surface area is 138 Å². The van der Waals surface area contributed by atoms with E-state index in [9.17, 15) is 0 Å². The van der Waals surface area contributed by atoms with E-state index in [1.54, 1.807) is 0 Å². The van der Waals surface area contributed by atoms with Crippen LogP contribution in [0.15, 0.2) is 23.2 Å². The molecule has 2 aliphatic heterocycles. The molecule has 1 N–H and O–H groups in total. The first-order chi connectivity index (χ1) is 11.1. The largest absolute Gasteiger partial charge is 0.454 e. The summed E-state index contributed by atoms with van der Waals surface area (Å²) >= 11 is 0. The summed E-state index contributed by atoms with van der Waals surface area (Å²) < 4.78 is 10.8. The first kappa shape index (κ1) is 16.0. The lowest BCUT2D eigenvalue weighted by molar-refractivity contribution is 0.174. The van der Waals surface area contributed by atoms with Gasteiger partial charge in [-0.3, -0.25) is 4.99 Å². The van der Waals surface area contributed by atoms with Crippen molar-refractivity contribution in [1.29, 1.82) is 0 Å². The van der Waals surface area contributed by atoms with Gasteiger partial charge in [0.25, 0.3) is 0 Å². The molecule has 5 heteroatoms. The van der Waals surface area contributed by atoms with Gasteiger partial charge in [-0.25, -0.2) is 0 Å². The monoisotopic (exact) mass is 317 g/mol. The highest BCUT2D eigenvalue weighted by Crippen LogP contribution is 2.32. The molecule has 3 rings (SSSR count). The van der Waals surface area contributed by atoms with Gasteiger partial charge in [0.2, 0.25) is 6.79 Å². The van der Waals surface area contributed by atoms with Crippen LogP contribution in [-0.4, -0.2) is 43.8 Å². The quantitative estimate of drug-likeness (QED) is 0.685. The zero-order valence-corrected chi connectivity index (χ0v) is 14.4. The fourth-order valence-corrected chi connectivity index (χ4v) is 3.11. The molecule has 5 nitrogen and oxygen atoms in total. The molecule has 0 aliphatic carbocycles. The summed E-state index contributed by atoms with van der Waals surface area (Å²) in [5, 5.41) is 3.42. The van der Waals surface area contributed by atoms with Gasteiger partial charge in [0.05, 0.1) is 0 Å². The van der Waals surface area contributed by atoms with E-state index >= 15 is 0 Å². The standard InChI is InChI=1S/C18H27N3O2/c1-4-19-17(21-10-8-18(2,3)12-21)20-9-7-14-5-6-15-16(11-14)23-13-22-15/h5-6,11H,4,7-10,12-13H2,1-3H3,(H,19,20). The van der Waals surface area contributed by atoms with Gasteiger partial charge in [-0.05, 0) is 42.9 Å². The van der Waals surface area contributed by atoms with E-state index in [1.807, 2.05) is 6.07 Å². The van der Waals surface area contributed by atoms with Gasteiger partial charge in [-0.2, -0.15) is 0 Å². The number of rotatable bonds is 4. The highest BCUT2D eigenvalue weighted by Gasteiger charge is 2.30. The Hall–Kier alpha value is -1.91. The SMILES string of the molecule is CCNC(=NCCc1ccc2c(c1)OCO2)N1CCC(C)(C)C1. The molecule has 0 spiro atoms. The van der Waals surface area contributed by atoms with E-state index in [2.05, 4.69) is 43.1 Å². The number of benzene rings is 1. The molecular weight excluding hydrogens is 290 g/mol. The van der Waals surface area contributed by atoms with Crippen molar-refractivity contribution in [3.05, 3.63) is 23.8 Å². The van der Waals surface area contributed by atoms with Crippen molar-refractivity contribution in [3.63, 3.8) is 0 Å². The highest BCUT2D eigenvalue weighted by molar-refractivity contribution is 5.80. The van der Waals surface area contributed by atoms with Crippen LogP contribution >= 0.6 is 0 Å². The Bertz CT molecular complexity index is 584. The van der Waals surface area contributed by atoms with Crippen molar-refractivity contribution in [2.45, 2.75) is 33.6 Å². The maximum Gasteiger partial charge on any atom is 0.231 e. The molecule has 0 aromatic heterocycles. The number of likely N-dealkylation sites (tertiary alicyclic amines) is 1. The summed E-state index contributed by atoms with van der Waals surface area (Å²) in [6, 6.07) is 6.13. The summed E-state index contributed by atoms with van der Waals surface area (Å²) in [6.07, 6.45) is 2.13. The molecule has 0 radical (unpaired) electrons. The minimum Gasteiger partial charge on any atom is -0.454 e. The third-order valence-electron chi connectivity index (χ3n) is 4.41. The van der Waals surface area contributed by atoms with E-state index in [0.717, 1.165) is 50.1 Å². The van der Waals surface area contributed by atoms with E-state index in [0.29, 0.717) is 12.2 Å². The average molecular weight is 317 g/mol. The van der Waals surface area contributed by atoms with Crippen LogP contribution in [0, 0.1) is 5.41 Å². The third-order valence-corrected chi connectivity index (χ3v) is 4.41. The van der Waals surface area contributed by atoms with E-state index < -0.39 is 0 Å². The lowest BCUT2D eigenvalue weighted by Gasteiger charge is -2.23. The van der Waals surface area contributed by atoms with Crippen LogP contribution < -0.4 is 14.8 Å². The fourth-order valence-electron chi connectivity index (χ4n) is 3.11. The predicted molar refractivity (Wildman–Crippen MR) is 92.2 cm³/mol. The molecule has 2 aliphatic rings. The number of aliphatic imine (C=N–C) groups is 1. The van der Waals surface area contributed by atoms with E-state index in [-0.39, 0.29) is 0 Å². The van der Waals surface area contributed by atoms with Crippen LogP contribution in [0.1, 0.15) is 32.8 Å². The molecule has 2 heterocycles. The second kappa shape index (κ2) is 6.69. The van der Waals surface area contributed by atoms with Gasteiger partial charge in [-0.1, -0.05) is 19.9 Å². The summed E-state index contributed by atoms with van der Waals surface area (Å²) in [5.41, 5.74) is 1.61. The summed E-state index contributed by atoms with van der Waals surface area (Å²) in [5.74, 6) is 2.73. The molecule has 1 saturated heterocycles. The number of nitrogens with one attached hydrogen (secondary N) is 1. The van der Waals surface area contributed by atoms with Crippen molar-refractivity contribution in [2.75, 3.05) is 33.0 Å². The van der Waals surface area contributed by atoms with Crippen molar-refractivity contribution < 1.29 is 9.47 Å². The van der Waals surface area contributed by atoms with Crippen molar-refractivity contribution in [1.82, 2.24) is 10.2 Å². The molecule has 23 heavy (non-hydrogen) atoms. The number of fused-ring (bicyclic) bond motifs is 1. The highest BCUT2D eigenvalue weighted by atomic mass is 16.7. The third kappa shape index (κ3) is 3.89. The Morgan fingerprint density at radius 3 is 2.87 bits per heavy atom. The fraction of sp³-hybridized carbons (Fsp3) is 0.611. The lowest BCUT2D eigenvalue weighted by atomic mass is 9.93. The van der Waals surface area contributed by atoms with E-state index in [4.69, 9.17) is 14.5 Å². The topological polar surface area (TPSA) is 46.1 Å². The molecule has 0 atom stereocenters. The van der Waals surface area contributed by atoms with Gasteiger partial charge in [0.15, 0.2) is 17.5 Å². The average Bonchev–Trinajstić information content (AvgIpc) is 3.12. The molecule has 0 amide bonds. The first-order valence-corrected chi connectivity index (χ1v) is 8.49. The minimum absolute atomic E-state index is 0.326. The summed E-state index contributed by atoms with van der Waals surface area (Å²) in [7, 11) is 0. The predicted octanol–water partition coefficient (Wildman–Crippen LogP) is 2.66. The minimum atomic E-state index is 0.326. The molecule has 0 bridgehead atoms. The second-order valence-electron chi connectivity index (χ2n) is 7.01. The van der Waals surface area contributed by atoms with Crippen LogP contribution in [0.25, 0.3) is 0 Å². The smallest absolute Gasteiger partial charge is 0.231 e. The number of ether oxygens (including phenoxy) is 2. The molecule has 0 unspecified atom stereocenters. The molecule has 0 saturated carbocycles. The van der Waals surface area contributed by atoms with Crippen LogP contribution in [0.3, 0.4) is 0 Å². The van der Waals surface area contributed by atoms with Crippen molar-refractivity contribution >= 4 is 5.96 Å². The van der Waals surface area contributed by atoms with Gasteiger partial charge in [0.1, 0.15) is 0 Å². The Balaban J connectivity index is 1.60. The lowest BCUT2D eigenvalue weighted by Crippen LogP contribution is -2.40. The van der Waals surface area contributed by atoms with Crippen LogP contribution in [0.5, 0.6) is 11.5 Å². The summed E-state index contributed by atoms with van der Waals surface area (Å²) in [6.45, 7) is 10.9. The van der Waals surface area contributed by atoms with Crippen LogP contribution in [0.2, 0.25) is 0 Å². The Kier molecular flexibility index (Phi) is 4.64. The van der Waals surface area contributed by atoms with Crippen molar-refractivity contribution in [2.24, 2.45) is 10.4 Å². The molecule has 1 aromatic carbocycles. The normalized spacial score (nSPS) is 19.3. The van der Waals surface area contributed by atoms with Gasteiger partial charge < -0.3 is 19.7 Å². The molecule has 1 aromatic rings. The first-order valence-electron chi connectivity index (χ1n) is 8.49. The summed E-state index contributed by atoms with van der Waals surface area (Å²) in [4.78, 5) is 7.19. The van der Waals surface area contributed by atoms with Crippen molar-refractivity contribution in [3.8, 4) is 11.5 Å². The molecular formula is C18H27N3O2. The van der Waals surface area contributed by atoms with E-state index in [1.165, 1.54) is 12.0 Å². The molecule has 1 fully saturated rings. The zero-order valence-electron chi connectivity index (χ0n) is 14.4. The second-order valence-corrected chi connectivity index (χ2v) is 7.01. The van der Waals surface area contributed by atoms with Crippen LogP contribution in [0.4, 0.5) is 0 Å². The number of hydrogen-bond donors (Lipinski definition) is 1. The van der Waals surface area contributed by atoms with Gasteiger partial charge in [-0.15, -0.1) is 0 Å². The van der Waals surface area contributed by atoms with Gasteiger partial charge in [0, 0.05) is 26.2 Å². The maximum absolute atomic E-state index is 5.43. The Morgan fingerprint density at radius 1 is 1.30 bits per heavy atom. The molecule has 126 valence electrons. The number of nitrogens with zero attached hydrogens (tertiary/aromatic N) is 2.